The molecule has 2 N–H and O–H groups in total. The van der Waals surface area contributed by atoms with E-state index in [4.69, 9.17) is 5.11 Å². The lowest BCUT2D eigenvalue weighted by Gasteiger charge is -2.36. The van der Waals surface area contributed by atoms with E-state index in [1.165, 1.54) is 0 Å². The molecule has 1 saturated heterocycles. The summed E-state index contributed by atoms with van der Waals surface area (Å²) < 4.78 is 1.92. The number of piperazine rings is 1. The molecular weight excluding hydrogens is 370 g/mol. The van der Waals surface area contributed by atoms with Gasteiger partial charge >= 0.3 is 0 Å². The molecule has 3 heterocycles. The summed E-state index contributed by atoms with van der Waals surface area (Å²) in [6.45, 7) is 4.21. The van der Waals surface area contributed by atoms with Gasteiger partial charge in [-0.3, -0.25) is 9.69 Å². The number of aliphatic hydroxyl groups excluding tert-OH is 1. The second kappa shape index (κ2) is 9.32. The molecule has 2 aromatic heterocycles. The van der Waals surface area contributed by atoms with Crippen molar-refractivity contribution in [3.63, 3.8) is 0 Å². The van der Waals surface area contributed by atoms with Crippen LogP contribution in [0.4, 0.5) is 5.82 Å². The molecule has 2 aliphatic rings. The zero-order valence-electron chi connectivity index (χ0n) is 16.7. The van der Waals surface area contributed by atoms with Crippen molar-refractivity contribution in [3.05, 3.63) is 36.5 Å². The van der Waals surface area contributed by atoms with Crippen LogP contribution in [0, 0.1) is 0 Å². The molecule has 0 aromatic carbocycles. The average molecular weight is 399 g/mol. The highest BCUT2D eigenvalue weighted by molar-refractivity contribution is 5.99. The smallest absolute Gasteiger partial charge is 0.255 e. The van der Waals surface area contributed by atoms with E-state index in [1.807, 2.05) is 16.8 Å². The van der Waals surface area contributed by atoms with E-state index in [0.29, 0.717) is 18.2 Å². The fourth-order valence-electron chi connectivity index (χ4n) is 4.30. The predicted octanol–water partition coefficient (Wildman–Crippen LogP) is 0.701. The quantitative estimate of drug-likeness (QED) is 0.738. The first-order valence-corrected chi connectivity index (χ1v) is 10.4. The molecule has 9 heteroatoms. The molecule has 9 nitrogen and oxygen atoms in total. The molecule has 1 saturated carbocycles. The van der Waals surface area contributed by atoms with E-state index in [1.54, 1.807) is 18.9 Å². The molecule has 156 valence electrons. The van der Waals surface area contributed by atoms with Crippen molar-refractivity contribution in [1.82, 2.24) is 30.0 Å². The van der Waals surface area contributed by atoms with Crippen LogP contribution >= 0.6 is 0 Å². The van der Waals surface area contributed by atoms with E-state index < -0.39 is 0 Å². The number of β-amino-alcohol motifs (C(OH)–C–C–N with tert-alkyl or cyclic N) is 1. The monoisotopic (exact) mass is 399 g/mol. The van der Waals surface area contributed by atoms with Crippen molar-refractivity contribution in [1.29, 1.82) is 0 Å². The maximum atomic E-state index is 13.0. The van der Waals surface area contributed by atoms with Crippen molar-refractivity contribution >= 4 is 11.7 Å². The van der Waals surface area contributed by atoms with Crippen molar-refractivity contribution in [3.8, 4) is 0 Å². The fourth-order valence-corrected chi connectivity index (χ4v) is 4.30. The third-order valence-corrected chi connectivity index (χ3v) is 5.96. The normalized spacial score (nSPS) is 23.1. The fraction of sp³-hybridized carbons (Fsp3) is 0.600. The van der Waals surface area contributed by atoms with Gasteiger partial charge in [-0.25, -0.2) is 14.6 Å². The van der Waals surface area contributed by atoms with Crippen LogP contribution in [-0.2, 0) is 0 Å². The van der Waals surface area contributed by atoms with Crippen LogP contribution < -0.4 is 10.2 Å². The van der Waals surface area contributed by atoms with Gasteiger partial charge < -0.3 is 15.3 Å². The summed E-state index contributed by atoms with van der Waals surface area (Å²) in [7, 11) is 0. The number of amides is 1. The van der Waals surface area contributed by atoms with E-state index in [2.05, 4.69) is 30.2 Å². The number of aliphatic hydroxyl groups is 1. The van der Waals surface area contributed by atoms with Gasteiger partial charge in [0, 0.05) is 45.0 Å². The topological polar surface area (TPSA) is 99.4 Å². The minimum absolute atomic E-state index is 0.0462. The Labute approximate surface area is 170 Å². The van der Waals surface area contributed by atoms with E-state index in [0.717, 1.165) is 57.7 Å². The highest BCUT2D eigenvalue weighted by Crippen LogP contribution is 2.28. The van der Waals surface area contributed by atoms with Gasteiger partial charge in [0.15, 0.2) is 0 Å². The first-order valence-electron chi connectivity index (χ1n) is 10.4. The summed E-state index contributed by atoms with van der Waals surface area (Å²) in [4.78, 5) is 25.9. The summed E-state index contributed by atoms with van der Waals surface area (Å²) >= 11 is 0. The molecule has 0 unspecified atom stereocenters. The zero-order chi connectivity index (χ0) is 20.1. The number of rotatable bonds is 6. The van der Waals surface area contributed by atoms with Crippen LogP contribution in [0.25, 0.3) is 0 Å². The summed E-state index contributed by atoms with van der Waals surface area (Å²) in [6, 6.07) is 4.23. The number of nitrogens with one attached hydrogen (secondary N) is 1. The molecule has 4 rings (SSSR count). The number of hydrogen-bond donors (Lipinski definition) is 2. The number of anilines is 1. The molecule has 0 radical (unpaired) electrons. The molecule has 29 heavy (non-hydrogen) atoms. The van der Waals surface area contributed by atoms with Crippen molar-refractivity contribution in [2.45, 2.75) is 37.8 Å². The van der Waals surface area contributed by atoms with Crippen LogP contribution in [0.15, 0.2) is 31.0 Å². The number of hydrogen-bond acceptors (Lipinski definition) is 7. The largest absolute Gasteiger partial charge is 0.395 e. The maximum absolute atomic E-state index is 13.0. The first-order chi connectivity index (χ1) is 14.2. The van der Waals surface area contributed by atoms with Crippen LogP contribution in [-0.4, -0.2) is 81.0 Å². The van der Waals surface area contributed by atoms with Crippen molar-refractivity contribution in [2.24, 2.45) is 0 Å². The zero-order valence-corrected chi connectivity index (χ0v) is 16.7. The first kappa shape index (κ1) is 19.8. The van der Waals surface area contributed by atoms with Gasteiger partial charge in [0.05, 0.1) is 18.2 Å². The standard InChI is InChI=1S/C20H29N7O2/c28-13-12-25-8-10-26(11-9-25)19-18(2-1-7-22-19)20(29)24-16-3-5-17(6-4-16)27-15-21-14-23-27/h1-2,7,14-17,28H,3-6,8-13H2,(H,24,29). The third-order valence-electron chi connectivity index (χ3n) is 5.96. The molecule has 0 bridgehead atoms. The van der Waals surface area contributed by atoms with Crippen LogP contribution in [0.5, 0.6) is 0 Å². The maximum Gasteiger partial charge on any atom is 0.255 e. The second-order valence-electron chi connectivity index (χ2n) is 7.78. The Morgan fingerprint density at radius 1 is 1.17 bits per heavy atom. The van der Waals surface area contributed by atoms with Gasteiger partial charge in [-0.05, 0) is 37.8 Å². The number of carbonyl (C=O) groups excluding carboxylic acids is 1. The van der Waals surface area contributed by atoms with Crippen LogP contribution in [0.3, 0.4) is 0 Å². The molecule has 0 spiro atoms. The van der Waals surface area contributed by atoms with E-state index in [9.17, 15) is 4.79 Å². The lowest BCUT2D eigenvalue weighted by Crippen LogP contribution is -2.48. The predicted molar refractivity (Wildman–Crippen MR) is 109 cm³/mol. The Balaban J connectivity index is 1.35. The summed E-state index contributed by atoms with van der Waals surface area (Å²) in [6.07, 6.45) is 8.93. The Bertz CT molecular complexity index is 782. The molecule has 1 aliphatic carbocycles. The summed E-state index contributed by atoms with van der Waals surface area (Å²) in [5, 5.41) is 16.6. The van der Waals surface area contributed by atoms with Gasteiger partial charge in [0.1, 0.15) is 18.5 Å². The average Bonchev–Trinajstić information content (AvgIpc) is 3.30. The van der Waals surface area contributed by atoms with E-state index in [-0.39, 0.29) is 18.6 Å². The number of carbonyl (C=O) groups is 1. The summed E-state index contributed by atoms with van der Waals surface area (Å²) in [5.41, 5.74) is 0.640. The number of aromatic nitrogens is 4. The molecule has 1 aliphatic heterocycles. The van der Waals surface area contributed by atoms with E-state index >= 15 is 0 Å². The van der Waals surface area contributed by atoms with Gasteiger partial charge in [0.25, 0.3) is 5.91 Å². The van der Waals surface area contributed by atoms with Gasteiger partial charge in [-0.1, -0.05) is 0 Å². The molecular formula is C20H29N7O2. The summed E-state index contributed by atoms with van der Waals surface area (Å²) in [5.74, 6) is 0.708. The highest BCUT2D eigenvalue weighted by atomic mass is 16.3. The number of pyridine rings is 1. The van der Waals surface area contributed by atoms with Crippen molar-refractivity contribution in [2.75, 3.05) is 44.2 Å². The third kappa shape index (κ3) is 4.73. The van der Waals surface area contributed by atoms with Gasteiger partial charge in [0.2, 0.25) is 0 Å². The van der Waals surface area contributed by atoms with Crippen molar-refractivity contribution < 1.29 is 9.90 Å². The highest BCUT2D eigenvalue weighted by Gasteiger charge is 2.26. The molecule has 0 atom stereocenters. The Morgan fingerprint density at radius 3 is 2.66 bits per heavy atom. The number of nitrogens with zero attached hydrogens (tertiary/aromatic N) is 6. The molecule has 2 fully saturated rings. The van der Waals surface area contributed by atoms with Gasteiger partial charge in [-0.2, -0.15) is 5.10 Å². The minimum Gasteiger partial charge on any atom is -0.395 e. The molecule has 2 aromatic rings. The van der Waals surface area contributed by atoms with Crippen LogP contribution in [0.1, 0.15) is 42.1 Å². The minimum atomic E-state index is -0.0462. The SMILES string of the molecule is O=C(NC1CCC(n2cncn2)CC1)c1cccnc1N1CCN(CCO)CC1. The van der Waals surface area contributed by atoms with Crippen LogP contribution in [0.2, 0.25) is 0 Å². The Kier molecular flexibility index (Phi) is 6.36. The van der Waals surface area contributed by atoms with Gasteiger partial charge in [-0.15, -0.1) is 0 Å². The molecule has 1 amide bonds. The Morgan fingerprint density at radius 2 is 1.97 bits per heavy atom. The lowest BCUT2D eigenvalue weighted by molar-refractivity contribution is 0.0921. The second-order valence-corrected chi connectivity index (χ2v) is 7.78. The lowest BCUT2D eigenvalue weighted by atomic mass is 9.91. The Hall–Kier alpha value is -2.52.